The summed E-state index contributed by atoms with van der Waals surface area (Å²) in [5.41, 5.74) is -3.86. The molecular weight excluding hydrogens is 435 g/mol. The Balaban J connectivity index is 2.43. The first-order chi connectivity index (χ1) is 13.1. The normalized spacial score (nSPS) is 17.2. The number of aromatic carboxylic acids is 1. The molecule has 2 rings (SSSR count). The lowest BCUT2D eigenvalue weighted by atomic mass is 10.0. The van der Waals surface area contributed by atoms with E-state index in [-0.39, 0.29) is 29.5 Å². The molecule has 0 saturated carbocycles. The number of anilines is 1. The van der Waals surface area contributed by atoms with Gasteiger partial charge in [-0.25, -0.2) is 18.4 Å². The molecule has 1 fully saturated rings. The van der Waals surface area contributed by atoms with Crippen molar-refractivity contribution in [1.82, 2.24) is 4.90 Å². The minimum atomic E-state index is -4.96. The Morgan fingerprint density at radius 2 is 1.90 bits per heavy atom. The third kappa shape index (κ3) is 4.67. The fourth-order valence-electron chi connectivity index (χ4n) is 2.95. The maximum Gasteiger partial charge on any atom is 0.417 e. The maximum atomic E-state index is 13.3. The number of halogens is 3. The number of carboxylic acids is 1. The number of benzene rings is 1. The standard InChI is InChI=1S/C16H18F3N3O5S2/c1-15(2)13(25)22(14(28)21(15)6-3-7-29(20,26)27)9-4-5-10(12(23)24)11(8-9)16(17,18)19/h4-5,8H,3,6-7H2,1-2H3,(H,23,24)(H2,20,26,27). The van der Waals surface area contributed by atoms with Gasteiger partial charge in [0.15, 0.2) is 5.11 Å². The number of sulfonamides is 1. The van der Waals surface area contributed by atoms with E-state index >= 15 is 0 Å². The molecule has 8 nitrogen and oxygen atoms in total. The van der Waals surface area contributed by atoms with Crippen molar-refractivity contribution in [1.29, 1.82) is 0 Å². The SMILES string of the molecule is CC1(C)C(=O)N(c2ccc(C(=O)O)c(C(F)(F)F)c2)C(=S)N1CCCS(N)(=O)=O. The molecule has 0 unspecified atom stereocenters. The number of carbonyl (C=O) groups is 2. The van der Waals surface area contributed by atoms with E-state index in [0.29, 0.717) is 6.07 Å². The van der Waals surface area contributed by atoms with Crippen molar-refractivity contribution >= 4 is 44.9 Å². The highest BCUT2D eigenvalue weighted by molar-refractivity contribution is 7.89. The zero-order valence-electron chi connectivity index (χ0n) is 15.4. The summed E-state index contributed by atoms with van der Waals surface area (Å²) in [5.74, 6) is -2.75. The van der Waals surface area contributed by atoms with Gasteiger partial charge < -0.3 is 10.0 Å². The molecule has 0 aliphatic carbocycles. The monoisotopic (exact) mass is 453 g/mol. The molecule has 0 atom stereocenters. The summed E-state index contributed by atoms with van der Waals surface area (Å²) in [4.78, 5) is 26.2. The lowest BCUT2D eigenvalue weighted by Crippen LogP contribution is -2.45. The number of carbonyl (C=O) groups excluding carboxylic acids is 1. The Labute approximate surface area is 170 Å². The number of nitrogens with two attached hydrogens (primary N) is 1. The highest BCUT2D eigenvalue weighted by Crippen LogP contribution is 2.38. The molecule has 1 aliphatic rings. The highest BCUT2D eigenvalue weighted by Gasteiger charge is 2.49. The summed E-state index contributed by atoms with van der Waals surface area (Å²) in [7, 11) is -3.73. The van der Waals surface area contributed by atoms with Crippen molar-refractivity contribution in [3.63, 3.8) is 0 Å². The van der Waals surface area contributed by atoms with Crippen LogP contribution in [0.25, 0.3) is 0 Å². The van der Waals surface area contributed by atoms with Crippen molar-refractivity contribution in [2.75, 3.05) is 17.2 Å². The largest absolute Gasteiger partial charge is 0.478 e. The summed E-state index contributed by atoms with van der Waals surface area (Å²) < 4.78 is 62.1. The van der Waals surface area contributed by atoms with Gasteiger partial charge in [-0.2, -0.15) is 13.2 Å². The predicted octanol–water partition coefficient (Wildman–Crippen LogP) is 1.79. The Bertz CT molecular complexity index is 977. The van der Waals surface area contributed by atoms with Gasteiger partial charge in [0, 0.05) is 6.54 Å². The zero-order valence-corrected chi connectivity index (χ0v) is 17.0. The number of hydrogen-bond acceptors (Lipinski definition) is 5. The topological polar surface area (TPSA) is 121 Å². The molecule has 160 valence electrons. The minimum Gasteiger partial charge on any atom is -0.478 e. The van der Waals surface area contributed by atoms with Crippen LogP contribution in [0.3, 0.4) is 0 Å². The van der Waals surface area contributed by atoms with Crippen molar-refractivity contribution in [2.45, 2.75) is 32.0 Å². The number of amides is 1. The van der Waals surface area contributed by atoms with Crippen molar-refractivity contribution in [2.24, 2.45) is 5.14 Å². The summed E-state index contributed by atoms with van der Waals surface area (Å²) >= 11 is 5.25. The number of hydrogen-bond donors (Lipinski definition) is 2. The lowest BCUT2D eigenvalue weighted by Gasteiger charge is -2.29. The van der Waals surface area contributed by atoms with Crippen LogP contribution in [-0.4, -0.2) is 53.2 Å². The average Bonchev–Trinajstić information content (AvgIpc) is 2.72. The second-order valence-corrected chi connectivity index (χ2v) is 8.99. The summed E-state index contributed by atoms with van der Waals surface area (Å²) in [6.45, 7) is 3.02. The quantitative estimate of drug-likeness (QED) is 0.630. The molecule has 1 saturated heterocycles. The van der Waals surface area contributed by atoms with Crippen molar-refractivity contribution in [3.05, 3.63) is 29.3 Å². The van der Waals surface area contributed by atoms with E-state index in [0.717, 1.165) is 17.0 Å². The number of thiocarbonyl (C=S) groups is 1. The van der Waals surface area contributed by atoms with E-state index in [1.54, 1.807) is 0 Å². The molecule has 1 aliphatic heterocycles. The van der Waals surface area contributed by atoms with Gasteiger partial charge in [-0.15, -0.1) is 0 Å². The van der Waals surface area contributed by atoms with E-state index in [4.69, 9.17) is 22.5 Å². The van der Waals surface area contributed by atoms with Crippen LogP contribution < -0.4 is 10.0 Å². The Hall–Kier alpha value is -2.25. The van der Waals surface area contributed by atoms with Gasteiger partial charge in [0.2, 0.25) is 10.0 Å². The molecule has 0 aromatic heterocycles. The van der Waals surface area contributed by atoms with Crippen LogP contribution in [0.2, 0.25) is 0 Å². The highest BCUT2D eigenvalue weighted by atomic mass is 32.2. The van der Waals surface area contributed by atoms with Gasteiger partial charge >= 0.3 is 12.1 Å². The lowest BCUT2D eigenvalue weighted by molar-refractivity contribution is -0.138. The van der Waals surface area contributed by atoms with Crippen LogP contribution in [-0.2, 0) is 21.0 Å². The third-order valence-corrected chi connectivity index (χ3v) is 5.69. The fourth-order valence-corrected chi connectivity index (χ4v) is 3.99. The molecule has 1 amide bonds. The van der Waals surface area contributed by atoms with Crippen LogP contribution >= 0.6 is 12.2 Å². The molecule has 13 heteroatoms. The van der Waals surface area contributed by atoms with Gasteiger partial charge in [0.1, 0.15) is 5.54 Å². The summed E-state index contributed by atoms with van der Waals surface area (Å²) in [6.07, 6.45) is -4.91. The van der Waals surface area contributed by atoms with Gasteiger partial charge in [-0.1, -0.05) is 0 Å². The number of alkyl halides is 3. The van der Waals surface area contributed by atoms with Gasteiger partial charge in [-0.3, -0.25) is 9.69 Å². The third-order valence-electron chi connectivity index (χ3n) is 4.43. The van der Waals surface area contributed by atoms with E-state index in [1.165, 1.54) is 18.7 Å². The summed E-state index contributed by atoms with van der Waals surface area (Å²) in [5, 5.41) is 13.8. The van der Waals surface area contributed by atoms with E-state index in [1.807, 2.05) is 0 Å². The number of rotatable bonds is 6. The molecular formula is C16H18F3N3O5S2. The number of primary sulfonamides is 1. The first-order valence-electron chi connectivity index (χ1n) is 8.18. The molecule has 1 aromatic carbocycles. The van der Waals surface area contributed by atoms with E-state index in [9.17, 15) is 31.2 Å². The van der Waals surface area contributed by atoms with E-state index < -0.39 is 44.7 Å². The maximum absolute atomic E-state index is 13.3. The van der Waals surface area contributed by atoms with E-state index in [2.05, 4.69) is 0 Å². The second kappa shape index (κ2) is 7.54. The Kier molecular flexibility index (Phi) is 5.99. The molecule has 29 heavy (non-hydrogen) atoms. The van der Waals surface area contributed by atoms with Crippen LogP contribution in [0, 0.1) is 0 Å². The number of nitrogens with zero attached hydrogens (tertiary/aromatic N) is 2. The number of carboxylic acid groups (broad SMARTS) is 1. The van der Waals surface area contributed by atoms with Gasteiger partial charge in [0.25, 0.3) is 5.91 Å². The van der Waals surface area contributed by atoms with Gasteiger partial charge in [-0.05, 0) is 50.7 Å². The molecule has 1 heterocycles. The van der Waals surface area contributed by atoms with Crippen LogP contribution in [0.1, 0.15) is 36.2 Å². The van der Waals surface area contributed by atoms with Crippen LogP contribution in [0.4, 0.5) is 18.9 Å². The first kappa shape index (κ1) is 23.0. The van der Waals surface area contributed by atoms with Crippen LogP contribution in [0.15, 0.2) is 18.2 Å². The first-order valence-corrected chi connectivity index (χ1v) is 10.3. The Morgan fingerprint density at radius 1 is 1.31 bits per heavy atom. The fraction of sp³-hybridized carbons (Fsp3) is 0.438. The van der Waals surface area contributed by atoms with Crippen LogP contribution in [0.5, 0.6) is 0 Å². The molecule has 0 spiro atoms. The zero-order chi connectivity index (χ0) is 22.4. The smallest absolute Gasteiger partial charge is 0.417 e. The molecule has 0 radical (unpaired) electrons. The second-order valence-electron chi connectivity index (χ2n) is 6.89. The average molecular weight is 453 g/mol. The molecule has 1 aromatic rings. The summed E-state index contributed by atoms with van der Waals surface area (Å²) in [6, 6.07) is 2.37. The Morgan fingerprint density at radius 3 is 2.38 bits per heavy atom. The predicted molar refractivity (Wildman–Crippen MR) is 102 cm³/mol. The minimum absolute atomic E-state index is 0.0316. The van der Waals surface area contributed by atoms with Crippen molar-refractivity contribution in [3.8, 4) is 0 Å². The van der Waals surface area contributed by atoms with Crippen molar-refractivity contribution < 1.29 is 36.3 Å². The van der Waals surface area contributed by atoms with Gasteiger partial charge in [0.05, 0.1) is 22.6 Å². The molecule has 3 N–H and O–H groups in total. The molecule has 0 bridgehead atoms.